The molecule has 0 aliphatic rings. The number of anilines is 1. The molecule has 2 N–H and O–H groups in total. The van der Waals surface area contributed by atoms with E-state index in [4.69, 9.17) is 11.6 Å². The van der Waals surface area contributed by atoms with Gasteiger partial charge in [0.2, 0.25) is 5.91 Å². The lowest BCUT2D eigenvalue weighted by atomic mass is 10.1. The van der Waals surface area contributed by atoms with Crippen LogP contribution in [0.4, 0.5) is 5.69 Å². The summed E-state index contributed by atoms with van der Waals surface area (Å²) in [7, 11) is 0. The second-order valence-corrected chi connectivity index (χ2v) is 9.24. The molecule has 0 aliphatic heterocycles. The highest BCUT2D eigenvalue weighted by atomic mass is 79.9. The summed E-state index contributed by atoms with van der Waals surface area (Å²) in [6.45, 7) is 1.80. The normalized spacial score (nSPS) is 11.2. The number of halogens is 2. The van der Waals surface area contributed by atoms with Crippen LogP contribution in [0.5, 0.6) is 0 Å². The quantitative estimate of drug-likeness (QED) is 0.272. The molecule has 0 fully saturated rings. The summed E-state index contributed by atoms with van der Waals surface area (Å²) >= 11 is 10.9. The van der Waals surface area contributed by atoms with E-state index < -0.39 is 0 Å². The van der Waals surface area contributed by atoms with Crippen molar-refractivity contribution >= 4 is 62.5 Å². The average molecular weight is 531 g/mol. The molecule has 3 aromatic rings. The molecule has 0 aliphatic carbocycles. The van der Waals surface area contributed by atoms with Crippen molar-refractivity contribution in [3.05, 3.63) is 99.0 Å². The van der Waals surface area contributed by atoms with Gasteiger partial charge in [0, 0.05) is 26.5 Å². The Balaban J connectivity index is 1.53. The van der Waals surface area contributed by atoms with Crippen LogP contribution in [0.2, 0.25) is 5.02 Å². The Kier molecular flexibility index (Phi) is 8.90. The Bertz CT molecular complexity index is 1150. The molecule has 0 bridgehead atoms. The van der Waals surface area contributed by atoms with Gasteiger partial charge in [-0.2, -0.15) is 5.10 Å². The van der Waals surface area contributed by atoms with Gasteiger partial charge in [-0.15, -0.1) is 11.8 Å². The van der Waals surface area contributed by atoms with Crippen molar-refractivity contribution < 1.29 is 9.59 Å². The first-order valence-corrected chi connectivity index (χ1v) is 12.1. The largest absolute Gasteiger partial charge is 0.322 e. The molecule has 0 spiro atoms. The van der Waals surface area contributed by atoms with E-state index in [1.54, 1.807) is 43.3 Å². The Morgan fingerprint density at radius 2 is 1.75 bits per heavy atom. The van der Waals surface area contributed by atoms with E-state index in [9.17, 15) is 9.59 Å². The van der Waals surface area contributed by atoms with Gasteiger partial charge in [-0.3, -0.25) is 9.59 Å². The molecule has 0 heterocycles. The van der Waals surface area contributed by atoms with Crippen molar-refractivity contribution in [2.45, 2.75) is 12.7 Å². The molecule has 3 rings (SSSR count). The first-order chi connectivity index (χ1) is 15.4. The minimum Gasteiger partial charge on any atom is -0.322 e. The van der Waals surface area contributed by atoms with E-state index in [1.165, 1.54) is 11.8 Å². The fourth-order valence-electron chi connectivity index (χ4n) is 2.79. The summed E-state index contributed by atoms with van der Waals surface area (Å²) in [5.74, 6) is 0.618. The van der Waals surface area contributed by atoms with Crippen LogP contribution >= 0.6 is 39.3 Å². The van der Waals surface area contributed by atoms with Crippen molar-refractivity contribution in [1.29, 1.82) is 0 Å². The van der Waals surface area contributed by atoms with Crippen LogP contribution in [-0.2, 0) is 10.5 Å². The van der Waals surface area contributed by atoms with Crippen LogP contribution in [-0.4, -0.2) is 23.3 Å². The number of thioether (sulfide) groups is 1. The summed E-state index contributed by atoms with van der Waals surface area (Å²) in [5.41, 5.74) is 6.25. The van der Waals surface area contributed by atoms with Crippen molar-refractivity contribution in [2.75, 3.05) is 11.1 Å². The molecule has 0 aromatic heterocycles. The summed E-state index contributed by atoms with van der Waals surface area (Å²) in [6.07, 6.45) is 0. The molecule has 3 aromatic carbocycles. The second kappa shape index (κ2) is 11.9. The number of nitrogens with zero attached hydrogens (tertiary/aromatic N) is 1. The standard InChI is InChI=1S/C24H21BrClN3O2S/c1-16(28-29-23(30)15-32-14-17-5-2-8-20(25)11-17)18-6-4-10-22(13-18)27-24(31)19-7-3-9-21(26)12-19/h2-13H,14-15H2,1H3,(H,27,31)(H,29,30). The van der Waals surface area contributed by atoms with Crippen LogP contribution in [0.1, 0.15) is 28.4 Å². The molecule has 0 unspecified atom stereocenters. The number of carbonyl (C=O) groups excluding carboxylic acids is 2. The van der Waals surface area contributed by atoms with Gasteiger partial charge in [0.25, 0.3) is 5.91 Å². The summed E-state index contributed by atoms with van der Waals surface area (Å²) in [4.78, 5) is 24.5. The summed E-state index contributed by atoms with van der Waals surface area (Å²) in [5, 5.41) is 7.54. The van der Waals surface area contributed by atoms with E-state index in [0.717, 1.165) is 21.4 Å². The molecule has 8 heteroatoms. The number of benzene rings is 3. The topological polar surface area (TPSA) is 70.6 Å². The van der Waals surface area contributed by atoms with E-state index in [2.05, 4.69) is 31.8 Å². The SMILES string of the molecule is CC(=NNC(=O)CSCc1cccc(Br)c1)c1cccc(NC(=O)c2cccc(Cl)c2)c1. The first kappa shape index (κ1) is 24.0. The molecule has 164 valence electrons. The minimum absolute atomic E-state index is 0.172. The van der Waals surface area contributed by atoms with Gasteiger partial charge in [0.05, 0.1) is 11.5 Å². The highest BCUT2D eigenvalue weighted by Crippen LogP contribution is 2.17. The fourth-order valence-corrected chi connectivity index (χ4v) is 4.19. The van der Waals surface area contributed by atoms with Crippen LogP contribution < -0.4 is 10.7 Å². The summed E-state index contributed by atoms with van der Waals surface area (Å²) in [6, 6.07) is 22.0. The number of rotatable bonds is 8. The maximum atomic E-state index is 12.4. The number of hydrogen-bond donors (Lipinski definition) is 2. The smallest absolute Gasteiger partial charge is 0.255 e. The molecular formula is C24H21BrClN3O2S. The first-order valence-electron chi connectivity index (χ1n) is 9.73. The van der Waals surface area contributed by atoms with E-state index in [0.29, 0.717) is 27.7 Å². The molecule has 32 heavy (non-hydrogen) atoms. The van der Waals surface area contributed by atoms with E-state index in [1.807, 2.05) is 36.4 Å². The highest BCUT2D eigenvalue weighted by molar-refractivity contribution is 9.10. The third-order valence-corrected chi connectivity index (χ3v) is 6.10. The number of nitrogens with one attached hydrogen (secondary N) is 2. The Hall–Kier alpha value is -2.61. The number of carbonyl (C=O) groups is 2. The minimum atomic E-state index is -0.255. The second-order valence-electron chi connectivity index (χ2n) is 6.90. The molecule has 0 radical (unpaired) electrons. The maximum Gasteiger partial charge on any atom is 0.255 e. The van der Waals surface area contributed by atoms with Gasteiger partial charge in [0.1, 0.15) is 0 Å². The molecule has 0 saturated heterocycles. The number of hydrazone groups is 1. The Labute approximate surface area is 204 Å². The lowest BCUT2D eigenvalue weighted by molar-refractivity contribution is -0.118. The van der Waals surface area contributed by atoms with Gasteiger partial charge in [-0.25, -0.2) is 5.43 Å². The molecule has 5 nitrogen and oxygen atoms in total. The van der Waals surface area contributed by atoms with E-state index in [-0.39, 0.29) is 11.8 Å². The Morgan fingerprint density at radius 3 is 2.53 bits per heavy atom. The van der Waals surface area contributed by atoms with Gasteiger partial charge < -0.3 is 5.32 Å². The monoisotopic (exact) mass is 529 g/mol. The Morgan fingerprint density at radius 1 is 1.00 bits per heavy atom. The van der Waals surface area contributed by atoms with Gasteiger partial charge in [0.15, 0.2) is 0 Å². The van der Waals surface area contributed by atoms with Crippen molar-refractivity contribution in [1.82, 2.24) is 5.43 Å². The highest BCUT2D eigenvalue weighted by Gasteiger charge is 2.08. The van der Waals surface area contributed by atoms with Crippen LogP contribution in [0, 0.1) is 0 Å². The molecule has 0 saturated carbocycles. The zero-order valence-corrected chi connectivity index (χ0v) is 20.4. The van der Waals surface area contributed by atoms with Crippen LogP contribution in [0.15, 0.2) is 82.4 Å². The zero-order chi connectivity index (χ0) is 22.9. The molecule has 2 amide bonds. The summed E-state index contributed by atoms with van der Waals surface area (Å²) < 4.78 is 1.02. The maximum absolute atomic E-state index is 12.4. The predicted octanol–water partition coefficient (Wildman–Crippen LogP) is 6.13. The van der Waals surface area contributed by atoms with Crippen molar-refractivity contribution in [3.8, 4) is 0 Å². The van der Waals surface area contributed by atoms with Crippen LogP contribution in [0.25, 0.3) is 0 Å². The third-order valence-electron chi connectivity index (χ3n) is 4.36. The zero-order valence-electron chi connectivity index (χ0n) is 17.3. The molecule has 0 atom stereocenters. The van der Waals surface area contributed by atoms with Gasteiger partial charge >= 0.3 is 0 Å². The predicted molar refractivity (Wildman–Crippen MR) is 137 cm³/mol. The van der Waals surface area contributed by atoms with Crippen molar-refractivity contribution in [3.63, 3.8) is 0 Å². The van der Waals surface area contributed by atoms with Crippen molar-refractivity contribution in [2.24, 2.45) is 5.10 Å². The fraction of sp³-hybridized carbons (Fsp3) is 0.125. The third kappa shape index (κ3) is 7.51. The van der Waals surface area contributed by atoms with E-state index >= 15 is 0 Å². The lowest BCUT2D eigenvalue weighted by Gasteiger charge is -2.08. The number of amides is 2. The van der Waals surface area contributed by atoms with Gasteiger partial charge in [-0.05, 0) is 60.5 Å². The van der Waals surface area contributed by atoms with Gasteiger partial charge in [-0.1, -0.05) is 57.9 Å². The average Bonchev–Trinajstić information content (AvgIpc) is 2.77. The molecular weight excluding hydrogens is 510 g/mol. The lowest BCUT2D eigenvalue weighted by Crippen LogP contribution is -2.21. The number of hydrogen-bond acceptors (Lipinski definition) is 4. The van der Waals surface area contributed by atoms with Crippen LogP contribution in [0.3, 0.4) is 0 Å².